The summed E-state index contributed by atoms with van der Waals surface area (Å²) >= 11 is 0. The van der Waals surface area contributed by atoms with E-state index in [0.717, 1.165) is 17.9 Å². The topological polar surface area (TPSA) is 100 Å². The molecule has 0 spiro atoms. The first-order valence-electron chi connectivity index (χ1n) is 6.73. The van der Waals surface area contributed by atoms with E-state index in [0.29, 0.717) is 18.2 Å². The van der Waals surface area contributed by atoms with Crippen molar-refractivity contribution in [3.8, 4) is 0 Å². The number of aromatic nitrogens is 2. The van der Waals surface area contributed by atoms with Crippen molar-refractivity contribution in [1.82, 2.24) is 20.0 Å². The zero-order chi connectivity index (χ0) is 15.5. The minimum absolute atomic E-state index is 0.0325. The molecule has 2 aromatic heterocycles. The lowest BCUT2D eigenvalue weighted by Gasteiger charge is -2.02. The Morgan fingerprint density at radius 3 is 2.71 bits per heavy atom. The molecule has 2 rings (SSSR count). The number of aryl methyl sites for hydroxylation is 2. The average Bonchev–Trinajstić information content (AvgIpc) is 3.03. The second-order valence-electron chi connectivity index (χ2n) is 4.71. The van der Waals surface area contributed by atoms with Gasteiger partial charge < -0.3 is 14.7 Å². The van der Waals surface area contributed by atoms with Crippen LogP contribution in [0.15, 0.2) is 21.6 Å². The lowest BCUT2D eigenvalue weighted by Crippen LogP contribution is -2.23. The third-order valence-electron chi connectivity index (χ3n) is 3.08. The summed E-state index contributed by atoms with van der Waals surface area (Å²) in [6.07, 6.45) is 1.47. The van der Waals surface area contributed by atoms with Crippen molar-refractivity contribution in [3.63, 3.8) is 0 Å². The van der Waals surface area contributed by atoms with Crippen molar-refractivity contribution in [2.24, 2.45) is 0 Å². The number of hydrogen-bond donors (Lipinski definition) is 3. The van der Waals surface area contributed by atoms with Crippen LogP contribution >= 0.6 is 0 Å². The minimum atomic E-state index is -3.58. The molecule has 0 unspecified atom stereocenters. The van der Waals surface area contributed by atoms with Gasteiger partial charge in [0, 0.05) is 18.4 Å². The van der Waals surface area contributed by atoms with E-state index in [1.165, 1.54) is 6.20 Å². The lowest BCUT2D eigenvalue weighted by atomic mass is 10.4. The van der Waals surface area contributed by atoms with E-state index in [1.807, 2.05) is 13.8 Å². The van der Waals surface area contributed by atoms with Gasteiger partial charge >= 0.3 is 0 Å². The predicted molar refractivity (Wildman–Crippen MR) is 78.2 cm³/mol. The largest absolute Gasteiger partial charge is 0.444 e. The van der Waals surface area contributed by atoms with E-state index >= 15 is 0 Å². The van der Waals surface area contributed by atoms with Crippen molar-refractivity contribution < 1.29 is 12.8 Å². The van der Waals surface area contributed by atoms with Crippen LogP contribution in [0.3, 0.4) is 0 Å². The molecule has 0 atom stereocenters. The first-order chi connectivity index (χ1) is 9.92. The fourth-order valence-electron chi connectivity index (χ4n) is 1.79. The Balaban J connectivity index is 2.02. The fraction of sp³-hybridized carbons (Fsp3) is 0.462. The van der Waals surface area contributed by atoms with E-state index in [1.54, 1.807) is 13.0 Å². The molecule has 0 aromatic carbocycles. The molecule has 21 heavy (non-hydrogen) atoms. The van der Waals surface area contributed by atoms with E-state index in [2.05, 4.69) is 20.0 Å². The summed E-state index contributed by atoms with van der Waals surface area (Å²) < 4.78 is 32.2. The third kappa shape index (κ3) is 3.93. The highest BCUT2D eigenvalue weighted by molar-refractivity contribution is 7.89. The van der Waals surface area contributed by atoms with Crippen LogP contribution in [0.25, 0.3) is 0 Å². The first-order valence-corrected chi connectivity index (χ1v) is 8.21. The number of nitrogens with zero attached hydrogens (tertiary/aromatic N) is 1. The molecular formula is C13H20N4O3S. The summed E-state index contributed by atoms with van der Waals surface area (Å²) in [5.41, 5.74) is 1.58. The molecule has 2 heterocycles. The predicted octanol–water partition coefficient (Wildman–Crippen LogP) is 1.21. The van der Waals surface area contributed by atoms with Gasteiger partial charge in [-0.1, -0.05) is 6.92 Å². The zero-order valence-electron chi connectivity index (χ0n) is 12.4. The Bertz CT molecular complexity index is 683. The van der Waals surface area contributed by atoms with Gasteiger partial charge in [0.1, 0.15) is 5.76 Å². The van der Waals surface area contributed by atoms with Crippen LogP contribution < -0.4 is 10.0 Å². The van der Waals surface area contributed by atoms with Gasteiger partial charge in [-0.15, -0.1) is 0 Å². The molecule has 8 heteroatoms. The molecule has 0 bridgehead atoms. The second-order valence-corrected chi connectivity index (χ2v) is 6.48. The van der Waals surface area contributed by atoms with Gasteiger partial charge in [0.05, 0.1) is 17.1 Å². The molecule has 116 valence electrons. The number of rotatable bonds is 7. The van der Waals surface area contributed by atoms with Crippen LogP contribution in [0.1, 0.15) is 30.0 Å². The summed E-state index contributed by atoms with van der Waals surface area (Å²) in [6, 6.07) is 1.61. The molecule has 0 fully saturated rings. The maximum absolute atomic E-state index is 12.2. The maximum Gasteiger partial charge on any atom is 0.242 e. The molecule has 0 radical (unpaired) electrons. The van der Waals surface area contributed by atoms with Gasteiger partial charge in [-0.05, 0) is 26.5 Å². The number of oxazole rings is 1. The lowest BCUT2D eigenvalue weighted by molar-refractivity contribution is 0.463. The number of aromatic amines is 1. The minimum Gasteiger partial charge on any atom is -0.444 e. The molecule has 7 nitrogen and oxygen atoms in total. The van der Waals surface area contributed by atoms with E-state index in [9.17, 15) is 8.42 Å². The van der Waals surface area contributed by atoms with Crippen LogP contribution in [0.5, 0.6) is 0 Å². The normalized spacial score (nSPS) is 12.0. The molecule has 0 aliphatic heterocycles. The van der Waals surface area contributed by atoms with Gasteiger partial charge in [0.2, 0.25) is 15.9 Å². The van der Waals surface area contributed by atoms with Crippen molar-refractivity contribution >= 4 is 10.0 Å². The second kappa shape index (κ2) is 6.42. The molecule has 0 aliphatic carbocycles. The Morgan fingerprint density at radius 1 is 1.33 bits per heavy atom. The van der Waals surface area contributed by atoms with Crippen LogP contribution in [0.2, 0.25) is 0 Å². The highest BCUT2D eigenvalue weighted by Crippen LogP contribution is 2.12. The van der Waals surface area contributed by atoms with Crippen LogP contribution in [0, 0.1) is 13.8 Å². The SMILES string of the molecule is CCNCc1cc(S(=O)(=O)NCc2nc(C)c(C)o2)c[nH]1. The molecule has 2 aromatic rings. The summed E-state index contributed by atoms with van der Waals surface area (Å²) in [5, 5.41) is 3.12. The molecule has 0 saturated heterocycles. The molecular weight excluding hydrogens is 292 g/mol. The standard InChI is InChI=1S/C13H20N4O3S/c1-4-14-6-11-5-12(7-15-11)21(18,19)16-8-13-17-9(2)10(3)20-13/h5,7,14-16H,4,6,8H2,1-3H3. The number of sulfonamides is 1. The Labute approximate surface area is 124 Å². The summed E-state index contributed by atoms with van der Waals surface area (Å²) in [4.78, 5) is 7.28. The smallest absolute Gasteiger partial charge is 0.242 e. The van der Waals surface area contributed by atoms with E-state index in [-0.39, 0.29) is 11.4 Å². The highest BCUT2D eigenvalue weighted by atomic mass is 32.2. The Morgan fingerprint density at radius 2 is 2.10 bits per heavy atom. The number of hydrogen-bond acceptors (Lipinski definition) is 5. The van der Waals surface area contributed by atoms with Gasteiger partial charge in [-0.3, -0.25) is 0 Å². The van der Waals surface area contributed by atoms with Gasteiger partial charge in [-0.25, -0.2) is 18.1 Å². The van der Waals surface area contributed by atoms with Crippen molar-refractivity contribution in [1.29, 1.82) is 0 Å². The quantitative estimate of drug-likeness (QED) is 0.713. The van der Waals surface area contributed by atoms with Crippen molar-refractivity contribution in [3.05, 3.63) is 35.3 Å². The van der Waals surface area contributed by atoms with E-state index < -0.39 is 10.0 Å². The summed E-state index contributed by atoms with van der Waals surface area (Å²) in [7, 11) is -3.58. The Hall–Kier alpha value is -1.64. The zero-order valence-corrected chi connectivity index (χ0v) is 13.2. The van der Waals surface area contributed by atoms with Crippen LogP contribution in [-0.2, 0) is 23.1 Å². The third-order valence-corrected chi connectivity index (χ3v) is 4.46. The van der Waals surface area contributed by atoms with Crippen LogP contribution in [-0.4, -0.2) is 24.9 Å². The number of H-pyrrole nitrogens is 1. The van der Waals surface area contributed by atoms with Crippen molar-refractivity contribution in [2.75, 3.05) is 6.54 Å². The summed E-state index contributed by atoms with van der Waals surface area (Å²) in [5.74, 6) is 1.05. The van der Waals surface area contributed by atoms with Gasteiger partial charge in [0.15, 0.2) is 0 Å². The van der Waals surface area contributed by atoms with E-state index in [4.69, 9.17) is 4.42 Å². The van der Waals surface area contributed by atoms with Gasteiger partial charge in [-0.2, -0.15) is 0 Å². The van der Waals surface area contributed by atoms with Crippen LogP contribution in [0.4, 0.5) is 0 Å². The first kappa shape index (κ1) is 15.7. The van der Waals surface area contributed by atoms with Crippen molar-refractivity contribution in [2.45, 2.75) is 38.8 Å². The number of nitrogens with one attached hydrogen (secondary N) is 3. The molecule has 0 amide bonds. The summed E-state index contributed by atoms with van der Waals surface area (Å²) in [6.45, 7) is 7.05. The Kier molecular flexibility index (Phi) is 4.81. The molecule has 3 N–H and O–H groups in total. The fourth-order valence-corrected chi connectivity index (χ4v) is 2.78. The van der Waals surface area contributed by atoms with Gasteiger partial charge in [0.25, 0.3) is 0 Å². The average molecular weight is 312 g/mol. The monoisotopic (exact) mass is 312 g/mol. The maximum atomic E-state index is 12.2. The molecule has 0 saturated carbocycles. The molecule has 0 aliphatic rings. The highest BCUT2D eigenvalue weighted by Gasteiger charge is 2.17.